The first-order valence-electron chi connectivity index (χ1n) is 20.6. The van der Waals surface area contributed by atoms with Crippen molar-refractivity contribution in [1.82, 2.24) is 15.0 Å². The van der Waals surface area contributed by atoms with Crippen LogP contribution >= 0.6 is 0 Å². The summed E-state index contributed by atoms with van der Waals surface area (Å²) in [6.45, 7) is 0. The second-order valence-electron chi connectivity index (χ2n) is 15.0. The Morgan fingerprint density at radius 2 is 0.783 bits per heavy atom. The van der Waals surface area contributed by atoms with Crippen molar-refractivity contribution in [1.29, 1.82) is 0 Å². The Bertz CT molecular complexity index is 2980. The molecule has 0 amide bonds. The molecule has 3 heteroatoms. The van der Waals surface area contributed by atoms with Gasteiger partial charge in [0.15, 0.2) is 17.5 Å². The van der Waals surface area contributed by atoms with Gasteiger partial charge in [-0.25, -0.2) is 15.0 Å². The number of fused-ring (bicyclic) bond motifs is 1. The quantitative estimate of drug-likeness (QED) is 0.137. The van der Waals surface area contributed by atoms with Gasteiger partial charge in [0, 0.05) is 16.7 Å². The van der Waals surface area contributed by atoms with Crippen LogP contribution in [0.25, 0.3) is 78.3 Å². The highest BCUT2D eigenvalue weighted by atomic mass is 15.0. The van der Waals surface area contributed by atoms with Crippen molar-refractivity contribution in [3.05, 3.63) is 247 Å². The molecule has 1 aliphatic rings. The summed E-state index contributed by atoms with van der Waals surface area (Å²) in [6.07, 6.45) is 8.80. The lowest BCUT2D eigenvalue weighted by molar-refractivity contribution is 0.996. The van der Waals surface area contributed by atoms with Gasteiger partial charge in [-0.15, -0.1) is 0 Å². The van der Waals surface area contributed by atoms with Crippen LogP contribution in [-0.2, 0) is 0 Å². The van der Waals surface area contributed by atoms with E-state index in [4.69, 9.17) is 15.0 Å². The standard InChI is InChI=1S/C57H41N3/c1-6-19-41(20-7-1)53(42-21-8-2-9-22-42)54(43-23-10-3-11-24-43)48-30-18-29-47(39-48)50-38-37-49(51-31-16-17-32-52(50)51)40-33-35-46(36-34-40)57-59-55(44-25-12-4-13-26-44)58-56(60-57)45-27-14-5-15-28-45/h1-8,10-21,23-39H,9,22H2/b54-53-. The number of benzene rings is 8. The van der Waals surface area contributed by atoms with Crippen LogP contribution in [0.15, 0.2) is 230 Å². The summed E-state index contributed by atoms with van der Waals surface area (Å²) in [5, 5.41) is 2.41. The maximum absolute atomic E-state index is 4.96. The molecule has 1 aliphatic carbocycles. The van der Waals surface area contributed by atoms with Crippen LogP contribution in [0, 0.1) is 0 Å². The smallest absolute Gasteiger partial charge is 0.164 e. The third-order valence-corrected chi connectivity index (χ3v) is 11.2. The molecule has 284 valence electrons. The van der Waals surface area contributed by atoms with Gasteiger partial charge >= 0.3 is 0 Å². The maximum atomic E-state index is 4.96. The molecule has 0 fully saturated rings. The molecule has 0 saturated heterocycles. The van der Waals surface area contributed by atoms with Crippen molar-refractivity contribution in [2.45, 2.75) is 12.8 Å². The minimum atomic E-state index is 0.643. The predicted octanol–water partition coefficient (Wildman–Crippen LogP) is 14.6. The van der Waals surface area contributed by atoms with Gasteiger partial charge in [0.1, 0.15) is 0 Å². The van der Waals surface area contributed by atoms with E-state index in [2.05, 4.69) is 164 Å². The summed E-state index contributed by atoms with van der Waals surface area (Å²) >= 11 is 0. The third-order valence-electron chi connectivity index (χ3n) is 11.2. The lowest BCUT2D eigenvalue weighted by Gasteiger charge is -2.21. The zero-order valence-electron chi connectivity index (χ0n) is 33.1. The lowest BCUT2D eigenvalue weighted by Crippen LogP contribution is -2.00. The van der Waals surface area contributed by atoms with Gasteiger partial charge in [-0.3, -0.25) is 0 Å². The molecule has 0 saturated carbocycles. The molecule has 1 heterocycles. The van der Waals surface area contributed by atoms with E-state index >= 15 is 0 Å². The molecule has 1 aromatic heterocycles. The minimum absolute atomic E-state index is 0.643. The molecule has 0 bridgehead atoms. The Balaban J connectivity index is 1.05. The summed E-state index contributed by atoms with van der Waals surface area (Å²) in [5.41, 5.74) is 15.1. The predicted molar refractivity (Wildman–Crippen MR) is 250 cm³/mol. The zero-order valence-corrected chi connectivity index (χ0v) is 33.1. The van der Waals surface area contributed by atoms with Crippen molar-refractivity contribution < 1.29 is 0 Å². The largest absolute Gasteiger partial charge is 0.208 e. The van der Waals surface area contributed by atoms with Gasteiger partial charge in [0.05, 0.1) is 0 Å². The summed E-state index contributed by atoms with van der Waals surface area (Å²) in [4.78, 5) is 14.8. The molecular formula is C57H41N3. The topological polar surface area (TPSA) is 38.7 Å². The van der Waals surface area contributed by atoms with Crippen LogP contribution in [0.2, 0.25) is 0 Å². The van der Waals surface area contributed by atoms with Crippen LogP contribution < -0.4 is 0 Å². The van der Waals surface area contributed by atoms with Gasteiger partial charge in [0.25, 0.3) is 0 Å². The van der Waals surface area contributed by atoms with E-state index in [0.29, 0.717) is 17.5 Å². The second kappa shape index (κ2) is 16.6. The molecule has 0 aliphatic heterocycles. The van der Waals surface area contributed by atoms with Gasteiger partial charge < -0.3 is 0 Å². The Hall–Kier alpha value is -7.75. The van der Waals surface area contributed by atoms with Crippen molar-refractivity contribution in [2.24, 2.45) is 0 Å². The first-order valence-corrected chi connectivity index (χ1v) is 20.6. The Kier molecular flexibility index (Phi) is 10.1. The zero-order chi connectivity index (χ0) is 40.1. The van der Waals surface area contributed by atoms with Gasteiger partial charge in [-0.2, -0.15) is 0 Å². The molecule has 3 nitrogen and oxygen atoms in total. The second-order valence-corrected chi connectivity index (χ2v) is 15.0. The Morgan fingerprint density at radius 3 is 1.32 bits per heavy atom. The SMILES string of the molecule is C1=CCCC(/C(=C(/c2ccccc2)c2cccc(-c3ccc(-c4ccc(-c5nc(-c6ccccc6)nc(-c6ccccc6)n5)cc4)c4ccccc34)c2)c2ccccc2)=C1. The number of allylic oxidation sites excluding steroid dienone is 5. The van der Waals surface area contributed by atoms with Crippen LogP contribution in [0.4, 0.5) is 0 Å². The van der Waals surface area contributed by atoms with Crippen molar-refractivity contribution in [3.8, 4) is 56.4 Å². The fraction of sp³-hybridized carbons (Fsp3) is 0.0351. The molecule has 0 spiro atoms. The van der Waals surface area contributed by atoms with Crippen LogP contribution in [0.5, 0.6) is 0 Å². The van der Waals surface area contributed by atoms with Gasteiger partial charge in [-0.05, 0) is 85.3 Å². The van der Waals surface area contributed by atoms with E-state index in [9.17, 15) is 0 Å². The number of hydrogen-bond donors (Lipinski definition) is 0. The fourth-order valence-electron chi connectivity index (χ4n) is 8.35. The van der Waals surface area contributed by atoms with Crippen LogP contribution in [0.3, 0.4) is 0 Å². The highest BCUT2D eigenvalue weighted by Gasteiger charge is 2.20. The third kappa shape index (κ3) is 7.41. The van der Waals surface area contributed by atoms with Crippen molar-refractivity contribution in [3.63, 3.8) is 0 Å². The summed E-state index contributed by atoms with van der Waals surface area (Å²) in [6, 6.07) is 73.0. The van der Waals surface area contributed by atoms with E-state index in [1.807, 2.05) is 60.7 Å². The molecule has 8 aromatic carbocycles. The molecule has 10 rings (SSSR count). The summed E-state index contributed by atoms with van der Waals surface area (Å²) in [7, 11) is 0. The normalized spacial score (nSPS) is 12.8. The number of rotatable bonds is 9. The van der Waals surface area contributed by atoms with Gasteiger partial charge in [0.2, 0.25) is 0 Å². The van der Waals surface area contributed by atoms with E-state index in [0.717, 1.165) is 35.1 Å². The first-order chi connectivity index (χ1) is 29.8. The van der Waals surface area contributed by atoms with E-state index in [1.54, 1.807) is 0 Å². The lowest BCUT2D eigenvalue weighted by atomic mass is 9.82. The summed E-state index contributed by atoms with van der Waals surface area (Å²) in [5.74, 6) is 1.95. The van der Waals surface area contributed by atoms with Gasteiger partial charge in [-0.1, -0.05) is 218 Å². The maximum Gasteiger partial charge on any atom is 0.164 e. The number of hydrogen-bond acceptors (Lipinski definition) is 3. The van der Waals surface area contributed by atoms with E-state index in [1.165, 1.54) is 60.9 Å². The molecule has 0 radical (unpaired) electrons. The minimum Gasteiger partial charge on any atom is -0.208 e. The van der Waals surface area contributed by atoms with Crippen LogP contribution in [0.1, 0.15) is 29.5 Å². The average Bonchev–Trinajstić information content (AvgIpc) is 3.34. The van der Waals surface area contributed by atoms with E-state index < -0.39 is 0 Å². The molecule has 9 aromatic rings. The Labute approximate surface area is 351 Å². The number of aromatic nitrogens is 3. The first kappa shape index (κ1) is 36.6. The van der Waals surface area contributed by atoms with Crippen molar-refractivity contribution >= 4 is 21.9 Å². The molecule has 0 unspecified atom stereocenters. The highest BCUT2D eigenvalue weighted by molar-refractivity contribution is 6.07. The van der Waals surface area contributed by atoms with Crippen molar-refractivity contribution in [2.75, 3.05) is 0 Å². The molecule has 60 heavy (non-hydrogen) atoms. The Morgan fingerprint density at radius 1 is 0.350 bits per heavy atom. The van der Waals surface area contributed by atoms with E-state index in [-0.39, 0.29) is 0 Å². The fourth-order valence-corrected chi connectivity index (χ4v) is 8.35. The monoisotopic (exact) mass is 767 g/mol. The number of nitrogens with zero attached hydrogens (tertiary/aromatic N) is 3. The van der Waals surface area contributed by atoms with Crippen LogP contribution in [-0.4, -0.2) is 15.0 Å². The molecular weight excluding hydrogens is 727 g/mol. The average molecular weight is 768 g/mol. The molecule has 0 N–H and O–H groups in total. The molecule has 0 atom stereocenters. The highest BCUT2D eigenvalue weighted by Crippen LogP contribution is 2.42. The summed E-state index contributed by atoms with van der Waals surface area (Å²) < 4.78 is 0.